The topological polar surface area (TPSA) is 443 Å². The van der Waals surface area contributed by atoms with Crippen LogP contribution in [0.15, 0.2) is 0 Å². The standard InChI is InChI=1S/C12H22O2Se.C11H20O3Se.2C10H18O2Se.3C9H16O3Se.C9H16O2SSe.C8H14O2Se.C7H12O3Se.CH4/c1-8(13)9(12(5,6)15)7-10(14)11(2,3)4;1-10(2,3)8(12)6-7(9(13)14)11(4,5)15;2*1-7(11)8(6-13)5-9(12)10(2,3)4;2*1-9(2,3)7(10)4-6(5-13)8(11)12;1-4-6(10)5-7(8(11)12)9(2,3)13;1-6(10)8(9(2,3)13)4-7(11)5-12;1-3-8(10)4-7(5-11)6(2)9;1-2-6(8)3-5(4-11)7(9)10;/h9,15H,7H2,1-6H3;7,15H,6H2,1-5H3,(H,13,14);2*8,13H,5-6H2,1-4H3;2*6,13H,4-5H2,1-3H3,(H,11,12);7,13H,4-5H2,1-3H3,(H,11,12);8,12-13H,4-5H2,1-3H3;7,11H,3-5H2,1-2H3;5,11H,2-4H2,1H3,(H,9,10);1H4. The molecule has 0 spiro atoms. The van der Waals surface area contributed by atoms with Gasteiger partial charge in [-0.15, -0.1) is 0 Å². The van der Waals surface area contributed by atoms with Crippen molar-refractivity contribution in [2.75, 3.05) is 5.75 Å². The Morgan fingerprint density at radius 1 is 0.229 bits per heavy atom. The van der Waals surface area contributed by atoms with Crippen LogP contribution in [-0.4, -0.2) is 308 Å². The Kier molecular flexibility index (Phi) is 84.7. The van der Waals surface area contributed by atoms with E-state index >= 15 is 0 Å². The second kappa shape index (κ2) is 73.1. The van der Waals surface area contributed by atoms with Gasteiger partial charge in [-0.25, -0.2) is 0 Å². The molecule has 0 bridgehead atoms. The molecule has 0 radical (unpaired) electrons. The number of carboxylic acids is 5. The first-order chi connectivity index (χ1) is 57.9. The van der Waals surface area contributed by atoms with E-state index in [0.29, 0.717) is 83.3 Å². The number of aliphatic carboxylic acids is 5. The van der Waals surface area contributed by atoms with Gasteiger partial charge < -0.3 is 0 Å². The zero-order valence-corrected chi connectivity index (χ0v) is 104. The van der Waals surface area contributed by atoms with Crippen LogP contribution in [0.2, 0.25) is 49.2 Å². The fourth-order valence-corrected chi connectivity index (χ4v) is 15.7. The summed E-state index contributed by atoms with van der Waals surface area (Å²) in [5.74, 6) is -6.54. The molecule has 0 aliphatic rings. The van der Waals surface area contributed by atoms with Gasteiger partial charge in [-0.05, 0) is 0 Å². The summed E-state index contributed by atoms with van der Waals surface area (Å²) < 4.78 is -1.25. The number of rotatable bonds is 44. The van der Waals surface area contributed by atoms with Gasteiger partial charge in [0.15, 0.2) is 0 Å². The number of thiol groups is 1. The van der Waals surface area contributed by atoms with Crippen molar-refractivity contribution in [1.82, 2.24) is 0 Å². The summed E-state index contributed by atoms with van der Waals surface area (Å²) in [5, 5.41) is 47.4. The average molecular weight is 2540 g/mol. The molecule has 131 heavy (non-hydrogen) atoms. The number of ketones is 15. The summed E-state index contributed by atoms with van der Waals surface area (Å²) >= 11 is 27.2. The molecule has 0 aromatic rings. The molecule has 0 amide bonds. The van der Waals surface area contributed by atoms with Crippen LogP contribution in [0.1, 0.15) is 326 Å². The molecule has 25 nitrogen and oxygen atoms in total. The number of hydrogen-bond acceptors (Lipinski definition) is 21. The summed E-state index contributed by atoms with van der Waals surface area (Å²) in [6.45, 7) is 61.4. The van der Waals surface area contributed by atoms with E-state index in [4.69, 9.17) is 25.5 Å². The van der Waals surface area contributed by atoms with E-state index in [1.54, 1.807) is 83.1 Å². The van der Waals surface area contributed by atoms with E-state index in [1.807, 2.05) is 145 Å². The normalized spacial score (nSPS) is 13.8. The maximum absolute atomic E-state index is 11.9. The Labute approximate surface area is 875 Å². The van der Waals surface area contributed by atoms with E-state index in [0.717, 1.165) is 0 Å². The fraction of sp³-hybridized carbons (Fsp3) is 0.789. The Hall–Kier alpha value is -2.06. The number of Topliss-reactive ketones (excluding diaryl/α,β-unsaturated/α-hetero) is 15. The van der Waals surface area contributed by atoms with E-state index in [9.17, 15) is 95.9 Å². The van der Waals surface area contributed by atoms with Crippen LogP contribution in [0.5, 0.6) is 0 Å². The van der Waals surface area contributed by atoms with Crippen molar-refractivity contribution >= 4 is 289 Å². The molecule has 10 unspecified atom stereocenters. The molecule has 0 aromatic carbocycles. The summed E-state index contributed by atoms with van der Waals surface area (Å²) in [6, 6.07) is 0. The first-order valence-electron chi connectivity index (χ1n) is 43.0. The van der Waals surface area contributed by atoms with Crippen LogP contribution in [-0.2, 0) is 95.9 Å². The zero-order valence-electron chi connectivity index (χ0n) is 84.2. The summed E-state index contributed by atoms with van der Waals surface area (Å²) in [5.41, 5.74) is -2.34. The Morgan fingerprint density at radius 2 is 0.382 bits per heavy atom. The predicted octanol–water partition coefficient (Wildman–Crippen LogP) is 13.4. The minimum atomic E-state index is -0.904. The van der Waals surface area contributed by atoms with Crippen LogP contribution in [0.4, 0.5) is 0 Å². The summed E-state index contributed by atoms with van der Waals surface area (Å²) in [6.07, 6.45) is 3.87. The molecule has 0 aromatic heterocycles. The molecular weight excluding hydrogens is 2360 g/mol. The number of hydrogen-bond donors (Lipinski definition) is 6. The Bertz CT molecular complexity index is 3260. The second-order valence-corrected chi connectivity index (χ2v) is 54.9. The van der Waals surface area contributed by atoms with Crippen LogP contribution >= 0.6 is 12.6 Å². The van der Waals surface area contributed by atoms with Crippen molar-refractivity contribution in [3.63, 3.8) is 0 Å². The van der Waals surface area contributed by atoms with Gasteiger partial charge in [0.1, 0.15) is 0 Å². The number of carbonyl (C=O) groups is 20. The quantitative estimate of drug-likeness (QED) is 0.0244. The third-order valence-corrected chi connectivity index (χ3v) is 28.3. The van der Waals surface area contributed by atoms with Crippen molar-refractivity contribution < 1.29 is 121 Å². The van der Waals surface area contributed by atoms with Crippen molar-refractivity contribution in [2.24, 2.45) is 91.7 Å². The molecule has 5 N–H and O–H groups in total. The summed E-state index contributed by atoms with van der Waals surface area (Å²) in [4.78, 5) is 223. The van der Waals surface area contributed by atoms with Crippen molar-refractivity contribution in [3.8, 4) is 0 Å². The van der Waals surface area contributed by atoms with Gasteiger partial charge in [0, 0.05) is 0 Å². The van der Waals surface area contributed by atoms with Crippen LogP contribution in [0, 0.1) is 91.7 Å². The Morgan fingerprint density at radius 3 is 0.542 bits per heavy atom. The van der Waals surface area contributed by atoms with Crippen LogP contribution in [0.3, 0.4) is 0 Å². The first-order valence-corrected chi connectivity index (χ1v) is 55.3. The summed E-state index contributed by atoms with van der Waals surface area (Å²) in [7, 11) is 0. The van der Waals surface area contributed by atoms with Crippen LogP contribution < -0.4 is 0 Å². The minimum absolute atomic E-state index is 0. The SMILES string of the molecule is C.CC(=O)C(CC(=O)C(C)(C)C)C(C)(C)[SeH].CC(=O)C(CC(=O)CS)C(C)(C)[SeH].CC(=O)C(C[SeH])CC(=O)C(C)(C)C.CC(=O)C(C[SeH])CC(=O)C(C)(C)C.CC(C)(C)C(=O)CC(C(=O)O)C(C)(C)[SeH].CC(C)(C)C(=O)CC(C[SeH])C(=O)O.CC(C)(C)C(=O)CC(C[SeH])C(=O)O.CCC(=O)CC(C(=O)O)C(C)(C)[SeH].CCC(=O)CC(C[SeH])C(=O)O.CCC(=O)CC(C[SeH])C(C)=O. The number of carboxylic acid groups (broad SMARTS) is 5. The molecule has 0 fully saturated rings. The molecule has 768 valence electrons. The van der Waals surface area contributed by atoms with Gasteiger partial charge in [0.05, 0.1) is 0 Å². The molecule has 0 aliphatic carbocycles. The van der Waals surface area contributed by atoms with Crippen molar-refractivity contribution in [3.05, 3.63) is 0 Å². The first kappa shape index (κ1) is 152. The monoisotopic (exact) mass is 2540 g/mol. The van der Waals surface area contributed by atoms with Gasteiger partial charge in [0.25, 0.3) is 0 Å². The van der Waals surface area contributed by atoms with Gasteiger partial charge >= 0.3 is 876 Å². The fourth-order valence-electron chi connectivity index (χ4n) is 9.37. The van der Waals surface area contributed by atoms with Gasteiger partial charge in [-0.1, -0.05) is 7.43 Å². The van der Waals surface area contributed by atoms with E-state index < -0.39 is 84.3 Å². The molecule has 0 rings (SSSR count). The van der Waals surface area contributed by atoms with Gasteiger partial charge in [-0.2, -0.15) is 0 Å². The van der Waals surface area contributed by atoms with Gasteiger partial charge in [0.2, 0.25) is 0 Å². The van der Waals surface area contributed by atoms with Crippen molar-refractivity contribution in [1.29, 1.82) is 0 Å². The molecule has 0 saturated heterocycles. The maximum atomic E-state index is 11.9. The van der Waals surface area contributed by atoms with Gasteiger partial charge in [-0.3, -0.25) is 0 Å². The van der Waals surface area contributed by atoms with E-state index in [-0.39, 0.29) is 186 Å². The zero-order chi connectivity index (χ0) is 106. The van der Waals surface area contributed by atoms with Crippen LogP contribution in [0.25, 0.3) is 0 Å². The average Bonchev–Trinajstić information content (AvgIpc) is 0.852. The molecule has 0 saturated carbocycles. The van der Waals surface area contributed by atoms with E-state index in [2.05, 4.69) is 173 Å². The number of carbonyl (C=O) groups excluding carboxylic acids is 15. The predicted molar refractivity (Wildman–Crippen MR) is 547 cm³/mol. The third kappa shape index (κ3) is 81.4. The Balaban J connectivity index is -0.000000136. The molecule has 36 heteroatoms. The molecule has 10 atom stereocenters. The second-order valence-electron chi connectivity index (χ2n) is 40.3. The molecule has 0 heterocycles. The third-order valence-electron chi connectivity index (χ3n) is 19.8. The molecular formula is C95H172O25SSe10. The van der Waals surface area contributed by atoms with E-state index in [1.165, 1.54) is 6.92 Å². The van der Waals surface area contributed by atoms with Crippen molar-refractivity contribution in [2.45, 2.75) is 375 Å². The molecule has 0 aliphatic heterocycles.